The Labute approximate surface area is 145 Å². The minimum absolute atomic E-state index is 0.282. The van der Waals surface area contributed by atoms with Gasteiger partial charge >= 0.3 is 7.12 Å². The largest absolute Gasteiger partial charge is 0.497 e. The normalized spacial score (nSPS) is 22.6. The highest BCUT2D eigenvalue weighted by Crippen LogP contribution is 2.37. The quantitative estimate of drug-likeness (QED) is 0.824. The molecule has 24 heavy (non-hydrogen) atoms. The maximum absolute atomic E-state index is 11.9. The van der Waals surface area contributed by atoms with E-state index in [9.17, 15) is 8.42 Å². The molecule has 0 radical (unpaired) electrons. The van der Waals surface area contributed by atoms with Gasteiger partial charge in [-0.1, -0.05) is 0 Å². The Morgan fingerprint density at radius 2 is 1.75 bits per heavy atom. The molecule has 2 aliphatic rings. The summed E-state index contributed by atoms with van der Waals surface area (Å²) in [5.41, 5.74) is 0.698. The molecule has 132 valence electrons. The van der Waals surface area contributed by atoms with Crippen LogP contribution in [-0.2, 0) is 19.1 Å². The molecule has 1 heterocycles. The van der Waals surface area contributed by atoms with Crippen LogP contribution in [0.25, 0.3) is 0 Å². The molecule has 1 aliphatic heterocycles. The second-order valence-electron chi connectivity index (χ2n) is 7.93. The van der Waals surface area contributed by atoms with Gasteiger partial charge in [0.2, 0.25) is 0 Å². The molecule has 7 heteroatoms. The molecule has 1 aliphatic carbocycles. The van der Waals surface area contributed by atoms with Crippen molar-refractivity contribution in [2.75, 3.05) is 18.1 Å². The van der Waals surface area contributed by atoms with Crippen molar-refractivity contribution in [1.29, 1.82) is 0 Å². The van der Waals surface area contributed by atoms with E-state index >= 15 is 0 Å². The fourth-order valence-corrected chi connectivity index (χ4v) is 3.33. The molecule has 0 amide bonds. The maximum atomic E-state index is 11.9. The van der Waals surface area contributed by atoms with Gasteiger partial charge < -0.3 is 14.6 Å². The number of hydrogen-bond acceptors (Lipinski definition) is 5. The van der Waals surface area contributed by atoms with Crippen LogP contribution < -0.4 is 10.8 Å². The summed E-state index contributed by atoms with van der Waals surface area (Å²) in [4.78, 5) is 0.282. The zero-order valence-corrected chi connectivity index (χ0v) is 15.9. The fourth-order valence-electron chi connectivity index (χ4n) is 2.67. The third kappa shape index (κ3) is 3.48. The van der Waals surface area contributed by atoms with Crippen LogP contribution >= 0.6 is 0 Å². The van der Waals surface area contributed by atoms with E-state index in [2.05, 4.69) is 5.32 Å². The van der Waals surface area contributed by atoms with Gasteiger partial charge in [-0.05, 0) is 64.7 Å². The first-order valence-corrected chi connectivity index (χ1v) is 10.3. The molecular formula is C17H26BNO4S. The molecule has 1 aromatic rings. The summed E-state index contributed by atoms with van der Waals surface area (Å²) in [5, 5.41) is 3.43. The topological polar surface area (TPSA) is 64.6 Å². The van der Waals surface area contributed by atoms with Crippen LogP contribution in [0.15, 0.2) is 23.1 Å². The summed E-state index contributed by atoms with van der Waals surface area (Å²) in [6.45, 7) is 8.86. The van der Waals surface area contributed by atoms with Crippen LogP contribution in [0, 0.1) is 5.92 Å². The van der Waals surface area contributed by atoms with E-state index in [1.165, 1.54) is 19.1 Å². The van der Waals surface area contributed by atoms with Crippen molar-refractivity contribution >= 4 is 28.1 Å². The number of nitrogens with one attached hydrogen (secondary N) is 1. The van der Waals surface area contributed by atoms with E-state index in [0.29, 0.717) is 5.92 Å². The Morgan fingerprint density at radius 1 is 1.17 bits per heavy atom. The van der Waals surface area contributed by atoms with Crippen LogP contribution in [0.1, 0.15) is 40.5 Å². The molecule has 0 bridgehead atoms. The maximum Gasteiger partial charge on any atom is 0.497 e. The van der Waals surface area contributed by atoms with Gasteiger partial charge in [0, 0.05) is 24.0 Å². The molecular weight excluding hydrogens is 325 g/mol. The molecule has 0 unspecified atom stereocenters. The lowest BCUT2D eigenvalue weighted by atomic mass is 9.77. The van der Waals surface area contributed by atoms with Gasteiger partial charge in [0.1, 0.15) is 0 Å². The molecule has 1 aromatic carbocycles. The van der Waals surface area contributed by atoms with E-state index in [0.717, 1.165) is 17.7 Å². The third-order valence-corrected chi connectivity index (χ3v) is 6.35. The van der Waals surface area contributed by atoms with Crippen molar-refractivity contribution in [2.45, 2.75) is 56.6 Å². The lowest BCUT2D eigenvalue weighted by Gasteiger charge is -2.32. The van der Waals surface area contributed by atoms with Crippen LogP contribution in [0.4, 0.5) is 5.69 Å². The molecule has 3 rings (SSSR count). The summed E-state index contributed by atoms with van der Waals surface area (Å²) in [7, 11) is -3.87. The van der Waals surface area contributed by atoms with Crippen molar-refractivity contribution < 1.29 is 17.7 Å². The Morgan fingerprint density at radius 3 is 2.25 bits per heavy atom. The predicted octanol–water partition coefficient (Wildman–Crippen LogP) is 2.21. The van der Waals surface area contributed by atoms with E-state index in [-0.39, 0.29) is 4.90 Å². The summed E-state index contributed by atoms with van der Waals surface area (Å²) in [5.74, 6) is 0.714. The lowest BCUT2D eigenvalue weighted by Crippen LogP contribution is -2.41. The first-order valence-electron chi connectivity index (χ1n) is 8.43. The van der Waals surface area contributed by atoms with E-state index in [1.54, 1.807) is 12.1 Å². The average molecular weight is 351 g/mol. The molecule has 1 N–H and O–H groups in total. The van der Waals surface area contributed by atoms with Gasteiger partial charge in [-0.3, -0.25) is 0 Å². The highest BCUT2D eigenvalue weighted by molar-refractivity contribution is 7.90. The Bertz CT molecular complexity index is 725. The SMILES string of the molecule is CC1(C)OB(c2cc(S(C)(=O)=O)ccc2NCC2CC2)OC1(C)C. The number of sulfone groups is 1. The van der Waals surface area contributed by atoms with Crippen LogP contribution in [0.2, 0.25) is 0 Å². The number of anilines is 1. The van der Waals surface area contributed by atoms with E-state index in [4.69, 9.17) is 9.31 Å². The van der Waals surface area contributed by atoms with Crippen molar-refractivity contribution in [1.82, 2.24) is 0 Å². The number of benzene rings is 1. The monoisotopic (exact) mass is 351 g/mol. The Hall–Kier alpha value is -1.05. The van der Waals surface area contributed by atoms with Gasteiger partial charge in [-0.15, -0.1) is 0 Å². The van der Waals surface area contributed by atoms with Crippen molar-refractivity contribution in [2.24, 2.45) is 5.92 Å². The Kier molecular flexibility index (Phi) is 4.26. The molecule has 0 aromatic heterocycles. The van der Waals surface area contributed by atoms with Crippen LogP contribution in [0.3, 0.4) is 0 Å². The third-order valence-electron chi connectivity index (χ3n) is 5.24. The van der Waals surface area contributed by atoms with Crippen LogP contribution in [0.5, 0.6) is 0 Å². The average Bonchev–Trinajstić information content (AvgIpc) is 3.23. The van der Waals surface area contributed by atoms with Gasteiger partial charge in [-0.25, -0.2) is 8.42 Å². The highest BCUT2D eigenvalue weighted by Gasteiger charge is 2.52. The second kappa shape index (κ2) is 5.75. The molecule has 1 saturated heterocycles. The first kappa shape index (κ1) is 17.8. The second-order valence-corrected chi connectivity index (χ2v) is 9.95. The zero-order valence-electron chi connectivity index (χ0n) is 15.0. The molecule has 0 spiro atoms. The molecule has 0 atom stereocenters. The first-order chi connectivity index (χ1) is 11.0. The summed E-state index contributed by atoms with van der Waals surface area (Å²) >= 11 is 0. The van der Waals surface area contributed by atoms with Crippen molar-refractivity contribution in [3.8, 4) is 0 Å². The van der Waals surface area contributed by atoms with Gasteiger partial charge in [-0.2, -0.15) is 0 Å². The van der Waals surface area contributed by atoms with Crippen LogP contribution in [-0.4, -0.2) is 39.5 Å². The summed E-state index contributed by atoms with van der Waals surface area (Å²) in [6, 6.07) is 5.13. The molecule has 5 nitrogen and oxygen atoms in total. The number of hydrogen-bond donors (Lipinski definition) is 1. The highest BCUT2D eigenvalue weighted by atomic mass is 32.2. The minimum Gasteiger partial charge on any atom is -0.399 e. The zero-order chi connectivity index (χ0) is 17.8. The summed E-state index contributed by atoms with van der Waals surface area (Å²) < 4.78 is 36.1. The van der Waals surface area contributed by atoms with Gasteiger partial charge in [0.15, 0.2) is 9.84 Å². The minimum atomic E-state index is -3.29. The number of rotatable bonds is 5. The molecule has 1 saturated carbocycles. The van der Waals surface area contributed by atoms with Crippen molar-refractivity contribution in [3.63, 3.8) is 0 Å². The lowest BCUT2D eigenvalue weighted by molar-refractivity contribution is 0.00578. The fraction of sp³-hybridized carbons (Fsp3) is 0.647. The van der Waals surface area contributed by atoms with Gasteiger partial charge in [0.05, 0.1) is 16.1 Å². The summed E-state index contributed by atoms with van der Waals surface area (Å²) in [6.07, 6.45) is 3.72. The smallest absolute Gasteiger partial charge is 0.399 e. The van der Waals surface area contributed by atoms with Gasteiger partial charge in [0.25, 0.3) is 0 Å². The van der Waals surface area contributed by atoms with Crippen molar-refractivity contribution in [3.05, 3.63) is 18.2 Å². The molecule has 2 fully saturated rings. The standard InChI is InChI=1S/C17H26BNO4S/c1-16(2)17(3,4)23-18(22-16)14-10-13(24(5,20)21)8-9-15(14)19-11-12-6-7-12/h8-10,12,19H,6-7,11H2,1-5H3. The Balaban J connectivity index is 1.96. The van der Waals surface area contributed by atoms with E-state index < -0.39 is 28.2 Å². The predicted molar refractivity (Wildman–Crippen MR) is 96.5 cm³/mol. The van der Waals surface area contributed by atoms with E-state index in [1.807, 2.05) is 33.8 Å².